The van der Waals surface area contributed by atoms with Gasteiger partial charge in [0.1, 0.15) is 0 Å². The van der Waals surface area contributed by atoms with Crippen LogP contribution in [0.3, 0.4) is 0 Å². The third kappa shape index (κ3) is 5.31. The number of oxime groups is 1. The second kappa shape index (κ2) is 9.35. The van der Waals surface area contributed by atoms with Crippen molar-refractivity contribution in [3.63, 3.8) is 0 Å². The number of methoxy groups -OCH3 is 1. The fraction of sp³-hybridized carbons (Fsp3) is 0.556. The molecule has 2 rings (SSSR count). The number of piperidine rings is 1. The quantitative estimate of drug-likeness (QED) is 0.545. The number of carbonyl (C=O) groups excluding carboxylic acids is 1. The summed E-state index contributed by atoms with van der Waals surface area (Å²) in [5.74, 6) is -0.00905. The number of amides is 1. The number of rotatable bonds is 7. The monoisotopic (exact) mass is 370 g/mol. The maximum Gasteiger partial charge on any atom is 0.387 e. The van der Waals surface area contributed by atoms with Gasteiger partial charge in [0, 0.05) is 17.6 Å². The van der Waals surface area contributed by atoms with Crippen LogP contribution in [-0.2, 0) is 9.63 Å². The molecular formula is C18H24F2N2O4. The first-order chi connectivity index (χ1) is 12.4. The summed E-state index contributed by atoms with van der Waals surface area (Å²) in [5, 5.41) is 3.78. The summed E-state index contributed by atoms with van der Waals surface area (Å²) in [6.07, 6.45) is 4.49. The molecule has 0 N–H and O–H groups in total. The highest BCUT2D eigenvalue weighted by Gasteiger charge is 2.28. The zero-order valence-electron chi connectivity index (χ0n) is 15.2. The van der Waals surface area contributed by atoms with E-state index in [-0.39, 0.29) is 36.1 Å². The number of ether oxygens (including phenoxy) is 2. The molecule has 1 saturated heterocycles. The van der Waals surface area contributed by atoms with E-state index in [1.54, 1.807) is 0 Å². The van der Waals surface area contributed by atoms with E-state index in [0.29, 0.717) is 5.56 Å². The minimum absolute atomic E-state index is 0.0659. The van der Waals surface area contributed by atoms with Crippen LogP contribution in [0.4, 0.5) is 8.78 Å². The van der Waals surface area contributed by atoms with Crippen LogP contribution in [0.5, 0.6) is 11.5 Å². The van der Waals surface area contributed by atoms with Crippen molar-refractivity contribution in [2.45, 2.75) is 51.8 Å². The Hall–Kier alpha value is -2.38. The van der Waals surface area contributed by atoms with Gasteiger partial charge in [-0.15, -0.1) is 0 Å². The van der Waals surface area contributed by atoms with E-state index in [0.717, 1.165) is 19.3 Å². The Balaban J connectivity index is 1.91. The van der Waals surface area contributed by atoms with Gasteiger partial charge in [-0.3, -0.25) is 4.79 Å². The summed E-state index contributed by atoms with van der Waals surface area (Å²) < 4.78 is 34.0. The number of carbonyl (C=O) groups is 1. The van der Waals surface area contributed by atoms with Crippen LogP contribution in [0.1, 0.15) is 38.7 Å². The summed E-state index contributed by atoms with van der Waals surface area (Å²) in [7, 11) is 1.35. The molecule has 0 unspecified atom stereocenters. The van der Waals surface area contributed by atoms with Gasteiger partial charge in [-0.1, -0.05) is 5.16 Å². The lowest BCUT2D eigenvalue weighted by molar-refractivity contribution is -0.142. The summed E-state index contributed by atoms with van der Waals surface area (Å²) in [6, 6.07) is 4.77. The highest BCUT2D eigenvalue weighted by molar-refractivity contribution is 5.81. The molecule has 1 aliphatic rings. The van der Waals surface area contributed by atoms with E-state index in [1.807, 2.05) is 18.7 Å². The molecule has 2 atom stereocenters. The van der Waals surface area contributed by atoms with E-state index in [4.69, 9.17) is 9.57 Å². The van der Waals surface area contributed by atoms with Crippen molar-refractivity contribution < 1.29 is 27.9 Å². The molecule has 1 aromatic carbocycles. The number of hydrogen-bond acceptors (Lipinski definition) is 5. The van der Waals surface area contributed by atoms with Crippen molar-refractivity contribution in [2.75, 3.05) is 13.7 Å². The van der Waals surface area contributed by atoms with Crippen molar-refractivity contribution >= 4 is 12.1 Å². The predicted octanol–water partition coefficient (Wildman–Crippen LogP) is 3.44. The lowest BCUT2D eigenvalue weighted by Crippen LogP contribution is -2.48. The van der Waals surface area contributed by atoms with E-state index in [2.05, 4.69) is 9.89 Å². The molecule has 0 aliphatic carbocycles. The van der Waals surface area contributed by atoms with Crippen LogP contribution in [0.25, 0.3) is 0 Å². The molecule has 1 aromatic rings. The van der Waals surface area contributed by atoms with Crippen LogP contribution in [-0.4, -0.2) is 49.4 Å². The third-order valence-corrected chi connectivity index (χ3v) is 4.35. The van der Waals surface area contributed by atoms with E-state index < -0.39 is 6.61 Å². The van der Waals surface area contributed by atoms with Crippen LogP contribution in [0.15, 0.2) is 23.4 Å². The van der Waals surface area contributed by atoms with E-state index in [1.165, 1.54) is 31.5 Å². The maximum absolute atomic E-state index is 12.3. The van der Waals surface area contributed by atoms with Gasteiger partial charge >= 0.3 is 6.61 Å². The van der Waals surface area contributed by atoms with E-state index in [9.17, 15) is 13.6 Å². The Morgan fingerprint density at radius 2 is 2.00 bits per heavy atom. The molecule has 0 spiro atoms. The minimum Gasteiger partial charge on any atom is -0.493 e. The largest absolute Gasteiger partial charge is 0.493 e. The summed E-state index contributed by atoms with van der Waals surface area (Å²) in [6.45, 7) is 0.991. The number of alkyl halides is 2. The second-order valence-electron chi connectivity index (χ2n) is 6.23. The lowest BCUT2D eigenvalue weighted by atomic mass is 9.97. The standard InChI is InChI=1S/C18H24F2N2O4/c1-12-5-4-6-13(2)22(12)17(23)11-25-21-10-14-7-8-15(26-18(19)20)16(9-14)24-3/h7-10,12-13,18H,4-6,11H2,1-3H3/b21-10-/t12-,13-/m0/s1. The smallest absolute Gasteiger partial charge is 0.387 e. The molecule has 0 aromatic heterocycles. The van der Waals surface area contributed by atoms with Crippen molar-refractivity contribution in [1.82, 2.24) is 4.90 Å². The fourth-order valence-corrected chi connectivity index (χ4v) is 3.14. The molecule has 1 fully saturated rings. The molecule has 1 amide bonds. The van der Waals surface area contributed by atoms with Crippen LogP contribution < -0.4 is 9.47 Å². The Morgan fingerprint density at radius 3 is 2.62 bits per heavy atom. The van der Waals surface area contributed by atoms with Gasteiger partial charge in [-0.05, 0) is 51.3 Å². The molecule has 8 heteroatoms. The molecule has 0 radical (unpaired) electrons. The van der Waals surface area contributed by atoms with Gasteiger partial charge in [-0.2, -0.15) is 8.78 Å². The first-order valence-electron chi connectivity index (χ1n) is 8.51. The third-order valence-electron chi connectivity index (χ3n) is 4.35. The van der Waals surface area contributed by atoms with Crippen molar-refractivity contribution in [2.24, 2.45) is 5.16 Å². The van der Waals surface area contributed by atoms with Gasteiger partial charge in [0.05, 0.1) is 13.3 Å². The normalized spacial score (nSPS) is 20.5. The second-order valence-corrected chi connectivity index (χ2v) is 6.23. The average Bonchev–Trinajstić information content (AvgIpc) is 2.59. The zero-order valence-corrected chi connectivity index (χ0v) is 15.2. The van der Waals surface area contributed by atoms with Crippen LogP contribution >= 0.6 is 0 Å². The van der Waals surface area contributed by atoms with Gasteiger partial charge < -0.3 is 19.2 Å². The minimum atomic E-state index is -2.93. The molecule has 1 heterocycles. The van der Waals surface area contributed by atoms with Gasteiger partial charge in [-0.25, -0.2) is 0 Å². The highest BCUT2D eigenvalue weighted by Crippen LogP contribution is 2.29. The number of hydrogen-bond donors (Lipinski definition) is 0. The van der Waals surface area contributed by atoms with Gasteiger partial charge in [0.2, 0.25) is 0 Å². The van der Waals surface area contributed by atoms with Gasteiger partial charge in [0.15, 0.2) is 18.1 Å². The first-order valence-corrected chi connectivity index (χ1v) is 8.51. The summed E-state index contributed by atoms with van der Waals surface area (Å²) in [4.78, 5) is 19.2. The van der Waals surface area contributed by atoms with Crippen molar-refractivity contribution in [3.05, 3.63) is 23.8 Å². The van der Waals surface area contributed by atoms with Crippen LogP contribution in [0.2, 0.25) is 0 Å². The number of likely N-dealkylation sites (tertiary alicyclic amines) is 1. The Bertz CT molecular complexity index is 630. The van der Waals surface area contributed by atoms with Crippen molar-refractivity contribution in [1.29, 1.82) is 0 Å². The molecule has 144 valence electrons. The summed E-state index contributed by atoms with van der Waals surface area (Å²) in [5.41, 5.74) is 0.565. The molecule has 0 saturated carbocycles. The molecule has 0 bridgehead atoms. The first kappa shape index (κ1) is 19.9. The number of nitrogens with zero attached hydrogens (tertiary/aromatic N) is 2. The Morgan fingerprint density at radius 1 is 1.31 bits per heavy atom. The maximum atomic E-state index is 12.3. The topological polar surface area (TPSA) is 60.4 Å². The predicted molar refractivity (Wildman–Crippen MR) is 92.8 cm³/mol. The summed E-state index contributed by atoms with van der Waals surface area (Å²) >= 11 is 0. The molecule has 6 nitrogen and oxygen atoms in total. The lowest BCUT2D eigenvalue weighted by Gasteiger charge is -2.38. The van der Waals surface area contributed by atoms with Crippen molar-refractivity contribution in [3.8, 4) is 11.5 Å². The molecule has 1 aliphatic heterocycles. The Kier molecular flexibility index (Phi) is 7.17. The Labute approximate surface area is 151 Å². The molecule has 26 heavy (non-hydrogen) atoms. The highest BCUT2D eigenvalue weighted by atomic mass is 19.3. The number of benzene rings is 1. The van der Waals surface area contributed by atoms with Crippen LogP contribution in [0, 0.1) is 0 Å². The van der Waals surface area contributed by atoms with Gasteiger partial charge in [0.25, 0.3) is 5.91 Å². The molecular weight excluding hydrogens is 346 g/mol. The number of halogens is 2. The fourth-order valence-electron chi connectivity index (χ4n) is 3.14. The zero-order chi connectivity index (χ0) is 19.1. The van der Waals surface area contributed by atoms with E-state index >= 15 is 0 Å². The SMILES string of the molecule is COc1cc(/C=N\OCC(=O)N2[C@@H](C)CCC[C@@H]2C)ccc1OC(F)F. The average molecular weight is 370 g/mol.